The van der Waals surface area contributed by atoms with E-state index >= 15 is 0 Å². The molecule has 0 aliphatic carbocycles. The average Bonchev–Trinajstić information content (AvgIpc) is 2.81. The zero-order valence-corrected chi connectivity index (χ0v) is 12.3. The van der Waals surface area contributed by atoms with E-state index in [9.17, 15) is 0 Å². The van der Waals surface area contributed by atoms with Gasteiger partial charge in [-0.2, -0.15) is 0 Å². The first kappa shape index (κ1) is 13.5. The predicted molar refractivity (Wildman–Crippen MR) is 76.8 cm³/mol. The van der Waals surface area contributed by atoms with E-state index in [4.69, 9.17) is 4.74 Å². The largest absolute Gasteiger partial charge is 0.380 e. The summed E-state index contributed by atoms with van der Waals surface area (Å²) in [4.78, 5) is 15.1. The standard InChI is InChI=1S/C11H16N4OS2/c1-4-16-6-5-15(2)10-8-9(12-7-13-10)14-11(17-3)18-8/h7H,4-6H2,1-3H3. The van der Waals surface area contributed by atoms with E-state index < -0.39 is 0 Å². The maximum Gasteiger partial charge on any atom is 0.176 e. The highest BCUT2D eigenvalue weighted by Gasteiger charge is 2.13. The Labute approximate surface area is 115 Å². The summed E-state index contributed by atoms with van der Waals surface area (Å²) >= 11 is 3.27. The Morgan fingerprint density at radius 3 is 3.00 bits per heavy atom. The van der Waals surface area contributed by atoms with Crippen LogP contribution in [0.25, 0.3) is 10.3 Å². The molecule has 2 rings (SSSR count). The fourth-order valence-electron chi connectivity index (χ4n) is 1.53. The summed E-state index contributed by atoms with van der Waals surface area (Å²) in [5, 5.41) is 0. The van der Waals surface area contributed by atoms with Crippen molar-refractivity contribution in [2.75, 3.05) is 38.0 Å². The van der Waals surface area contributed by atoms with Gasteiger partial charge in [-0.1, -0.05) is 11.8 Å². The monoisotopic (exact) mass is 284 g/mol. The molecule has 2 aromatic heterocycles. The third-order valence-corrected chi connectivity index (χ3v) is 4.49. The van der Waals surface area contributed by atoms with Gasteiger partial charge < -0.3 is 9.64 Å². The zero-order valence-electron chi connectivity index (χ0n) is 10.7. The summed E-state index contributed by atoms with van der Waals surface area (Å²) in [7, 11) is 2.01. The maximum atomic E-state index is 5.36. The van der Waals surface area contributed by atoms with Gasteiger partial charge in [-0.05, 0) is 13.2 Å². The van der Waals surface area contributed by atoms with E-state index in [2.05, 4.69) is 19.9 Å². The Hall–Kier alpha value is -0.920. The van der Waals surface area contributed by atoms with Crippen molar-refractivity contribution in [3.63, 3.8) is 0 Å². The number of hydrogen-bond acceptors (Lipinski definition) is 7. The number of likely N-dealkylation sites (N-methyl/N-ethyl adjacent to an activating group) is 1. The van der Waals surface area contributed by atoms with Crippen LogP contribution in [0.15, 0.2) is 10.7 Å². The number of nitrogens with zero attached hydrogens (tertiary/aromatic N) is 4. The molecule has 0 atom stereocenters. The minimum absolute atomic E-state index is 0.701. The van der Waals surface area contributed by atoms with E-state index in [1.807, 2.05) is 20.2 Å². The second-order valence-corrected chi connectivity index (χ2v) is 5.70. The first-order chi connectivity index (χ1) is 8.76. The van der Waals surface area contributed by atoms with Crippen LogP contribution in [-0.2, 0) is 4.74 Å². The van der Waals surface area contributed by atoms with Gasteiger partial charge in [0, 0.05) is 20.2 Å². The van der Waals surface area contributed by atoms with Gasteiger partial charge >= 0.3 is 0 Å². The van der Waals surface area contributed by atoms with Crippen molar-refractivity contribution in [2.45, 2.75) is 11.3 Å². The van der Waals surface area contributed by atoms with Crippen molar-refractivity contribution >= 4 is 39.3 Å². The molecular formula is C11H16N4OS2. The van der Waals surface area contributed by atoms with Crippen molar-refractivity contribution in [1.29, 1.82) is 0 Å². The Morgan fingerprint density at radius 1 is 1.44 bits per heavy atom. The quantitative estimate of drug-likeness (QED) is 0.599. The maximum absolute atomic E-state index is 5.36. The smallest absolute Gasteiger partial charge is 0.176 e. The number of hydrogen-bond donors (Lipinski definition) is 0. The van der Waals surface area contributed by atoms with E-state index in [0.717, 1.165) is 33.7 Å². The number of thioether (sulfide) groups is 1. The summed E-state index contributed by atoms with van der Waals surface area (Å²) in [6, 6.07) is 0. The van der Waals surface area contributed by atoms with Crippen molar-refractivity contribution in [2.24, 2.45) is 0 Å². The third kappa shape index (κ3) is 2.90. The van der Waals surface area contributed by atoms with Crippen LogP contribution in [0.2, 0.25) is 0 Å². The third-order valence-electron chi connectivity index (χ3n) is 2.46. The Bertz CT molecular complexity index is 517. The lowest BCUT2D eigenvalue weighted by molar-refractivity contribution is 0.154. The summed E-state index contributed by atoms with van der Waals surface area (Å²) < 4.78 is 7.42. The molecule has 0 bridgehead atoms. The van der Waals surface area contributed by atoms with Crippen LogP contribution in [-0.4, -0.2) is 48.0 Å². The molecular weight excluding hydrogens is 268 g/mol. The number of ether oxygens (including phenoxy) is 1. The zero-order chi connectivity index (χ0) is 13.0. The first-order valence-electron chi connectivity index (χ1n) is 5.70. The van der Waals surface area contributed by atoms with Crippen LogP contribution in [0.1, 0.15) is 6.92 Å². The van der Waals surface area contributed by atoms with Gasteiger partial charge in [-0.3, -0.25) is 0 Å². The van der Waals surface area contributed by atoms with Crippen molar-refractivity contribution in [3.8, 4) is 0 Å². The minimum atomic E-state index is 0.701. The molecule has 0 amide bonds. The predicted octanol–water partition coefficient (Wildman–Crippen LogP) is 2.28. The second kappa shape index (κ2) is 6.31. The number of rotatable bonds is 6. The molecule has 0 radical (unpaired) electrons. The molecule has 0 aromatic carbocycles. The molecule has 5 nitrogen and oxygen atoms in total. The lowest BCUT2D eigenvalue weighted by Crippen LogP contribution is -2.23. The molecule has 98 valence electrons. The van der Waals surface area contributed by atoms with Crippen LogP contribution in [0.5, 0.6) is 0 Å². The SMILES string of the molecule is CCOCCN(C)c1ncnc2nc(SC)sc12. The van der Waals surface area contributed by atoms with Gasteiger partial charge in [0.2, 0.25) is 0 Å². The number of aromatic nitrogens is 3. The summed E-state index contributed by atoms with van der Waals surface area (Å²) in [5.41, 5.74) is 0.776. The Balaban J connectivity index is 2.23. The van der Waals surface area contributed by atoms with E-state index in [1.54, 1.807) is 29.4 Å². The number of thiazole rings is 1. The lowest BCUT2D eigenvalue weighted by Gasteiger charge is -2.17. The lowest BCUT2D eigenvalue weighted by atomic mass is 10.5. The molecule has 0 saturated heterocycles. The fraction of sp³-hybridized carbons (Fsp3) is 0.545. The van der Waals surface area contributed by atoms with Crippen LogP contribution < -0.4 is 4.90 Å². The molecule has 0 aliphatic heterocycles. The van der Waals surface area contributed by atoms with Crippen molar-refractivity contribution < 1.29 is 4.74 Å². The highest BCUT2D eigenvalue weighted by Crippen LogP contribution is 2.32. The molecule has 0 spiro atoms. The highest BCUT2D eigenvalue weighted by molar-refractivity contribution is 8.00. The summed E-state index contributed by atoms with van der Waals surface area (Å²) in [6.45, 7) is 4.25. The van der Waals surface area contributed by atoms with E-state index in [-0.39, 0.29) is 0 Å². The molecule has 0 unspecified atom stereocenters. The Kier molecular flexibility index (Phi) is 4.73. The molecule has 0 N–H and O–H groups in total. The average molecular weight is 284 g/mol. The summed E-state index contributed by atoms with van der Waals surface area (Å²) in [6.07, 6.45) is 3.59. The number of fused-ring (bicyclic) bond motifs is 1. The minimum Gasteiger partial charge on any atom is -0.380 e. The van der Waals surface area contributed by atoms with Gasteiger partial charge in [0.25, 0.3) is 0 Å². The molecule has 2 heterocycles. The van der Waals surface area contributed by atoms with Gasteiger partial charge in [-0.15, -0.1) is 11.3 Å². The molecule has 7 heteroatoms. The second-order valence-electron chi connectivity index (χ2n) is 3.65. The molecule has 0 aliphatic rings. The van der Waals surface area contributed by atoms with Gasteiger partial charge in [0.15, 0.2) is 15.8 Å². The molecule has 0 fully saturated rings. The van der Waals surface area contributed by atoms with Crippen LogP contribution in [0.4, 0.5) is 5.82 Å². The first-order valence-corrected chi connectivity index (χ1v) is 7.74. The topological polar surface area (TPSA) is 51.1 Å². The van der Waals surface area contributed by atoms with Crippen LogP contribution >= 0.6 is 23.1 Å². The molecule has 2 aromatic rings. The fourth-order valence-corrected chi connectivity index (χ4v) is 3.09. The number of anilines is 1. The van der Waals surface area contributed by atoms with Gasteiger partial charge in [0.05, 0.1) is 6.61 Å². The summed E-state index contributed by atoms with van der Waals surface area (Å²) in [5.74, 6) is 0.928. The van der Waals surface area contributed by atoms with E-state index in [0.29, 0.717) is 6.61 Å². The van der Waals surface area contributed by atoms with Gasteiger partial charge in [-0.25, -0.2) is 15.0 Å². The normalized spacial score (nSPS) is 11.1. The van der Waals surface area contributed by atoms with Gasteiger partial charge in [0.1, 0.15) is 11.0 Å². The van der Waals surface area contributed by atoms with Crippen molar-refractivity contribution in [1.82, 2.24) is 15.0 Å². The van der Waals surface area contributed by atoms with Crippen LogP contribution in [0.3, 0.4) is 0 Å². The molecule has 18 heavy (non-hydrogen) atoms. The van der Waals surface area contributed by atoms with Crippen molar-refractivity contribution in [3.05, 3.63) is 6.33 Å². The van der Waals surface area contributed by atoms with Crippen LogP contribution in [0, 0.1) is 0 Å². The highest BCUT2D eigenvalue weighted by atomic mass is 32.2. The van der Waals surface area contributed by atoms with E-state index in [1.165, 1.54) is 0 Å². The molecule has 0 saturated carbocycles. The Morgan fingerprint density at radius 2 is 2.28 bits per heavy atom.